The number of ether oxygens (including phenoxy) is 1. The Labute approximate surface area is 104 Å². The molecule has 2 saturated carbocycles. The zero-order valence-corrected chi connectivity index (χ0v) is 10.9. The fourth-order valence-electron chi connectivity index (χ4n) is 3.23. The molecule has 0 saturated heterocycles. The first-order chi connectivity index (χ1) is 8.33. The van der Waals surface area contributed by atoms with Crippen LogP contribution in [0.15, 0.2) is 5.16 Å². The first kappa shape index (κ1) is 12.9. The normalized spacial score (nSPS) is 34.6. The minimum atomic E-state index is 0.401. The van der Waals surface area contributed by atoms with Crippen LogP contribution < -0.4 is 0 Å². The average Bonchev–Trinajstić information content (AvgIpc) is 2.40. The van der Waals surface area contributed by atoms with Crippen LogP contribution in [0.5, 0.6) is 0 Å². The molecule has 2 aliphatic carbocycles. The molecule has 2 unspecified atom stereocenters. The molecule has 0 aromatic carbocycles. The van der Waals surface area contributed by atoms with Gasteiger partial charge in [0.1, 0.15) is 0 Å². The maximum Gasteiger partial charge on any atom is 0.0606 e. The van der Waals surface area contributed by atoms with E-state index < -0.39 is 0 Å². The quantitative estimate of drug-likeness (QED) is 0.602. The van der Waals surface area contributed by atoms with Gasteiger partial charge >= 0.3 is 0 Å². The summed E-state index contributed by atoms with van der Waals surface area (Å²) in [6.07, 6.45) is 11.3. The van der Waals surface area contributed by atoms with Gasteiger partial charge in [0.2, 0.25) is 0 Å². The Morgan fingerprint density at radius 2 is 1.88 bits per heavy atom. The van der Waals surface area contributed by atoms with Crippen LogP contribution in [-0.4, -0.2) is 23.1 Å². The maximum atomic E-state index is 8.73. The lowest BCUT2D eigenvalue weighted by molar-refractivity contribution is -0.0673. The molecule has 3 heteroatoms. The fourth-order valence-corrected chi connectivity index (χ4v) is 3.23. The Hall–Kier alpha value is -0.570. The zero-order chi connectivity index (χ0) is 12.1. The van der Waals surface area contributed by atoms with Crippen molar-refractivity contribution in [3.8, 4) is 0 Å². The van der Waals surface area contributed by atoms with E-state index in [1.807, 2.05) is 0 Å². The van der Waals surface area contributed by atoms with Crippen molar-refractivity contribution in [1.29, 1.82) is 0 Å². The van der Waals surface area contributed by atoms with Gasteiger partial charge in [-0.2, -0.15) is 0 Å². The molecule has 0 aliphatic heterocycles. The molecule has 17 heavy (non-hydrogen) atoms. The van der Waals surface area contributed by atoms with Crippen LogP contribution in [0.3, 0.4) is 0 Å². The van der Waals surface area contributed by atoms with Gasteiger partial charge in [0, 0.05) is 0 Å². The zero-order valence-electron chi connectivity index (χ0n) is 10.9. The minimum absolute atomic E-state index is 0.401. The van der Waals surface area contributed by atoms with E-state index >= 15 is 0 Å². The minimum Gasteiger partial charge on any atom is -0.411 e. The van der Waals surface area contributed by atoms with Gasteiger partial charge in [-0.15, -0.1) is 0 Å². The van der Waals surface area contributed by atoms with E-state index in [1.165, 1.54) is 32.1 Å². The molecule has 2 atom stereocenters. The van der Waals surface area contributed by atoms with Gasteiger partial charge in [-0.25, -0.2) is 0 Å². The summed E-state index contributed by atoms with van der Waals surface area (Å²) in [6.45, 7) is 2.28. The number of nitrogens with zero attached hydrogens (tertiary/aromatic N) is 1. The van der Waals surface area contributed by atoms with E-state index in [1.54, 1.807) is 0 Å². The lowest BCUT2D eigenvalue weighted by Gasteiger charge is -2.35. The van der Waals surface area contributed by atoms with Crippen molar-refractivity contribution in [1.82, 2.24) is 0 Å². The molecular weight excluding hydrogens is 214 g/mol. The Morgan fingerprint density at radius 1 is 1.18 bits per heavy atom. The first-order valence-electron chi connectivity index (χ1n) is 7.18. The monoisotopic (exact) mass is 239 g/mol. The van der Waals surface area contributed by atoms with Gasteiger partial charge in [-0.05, 0) is 44.4 Å². The van der Waals surface area contributed by atoms with E-state index in [-0.39, 0.29) is 0 Å². The largest absolute Gasteiger partial charge is 0.411 e. The van der Waals surface area contributed by atoms with Crippen LogP contribution in [0.2, 0.25) is 0 Å². The Morgan fingerprint density at radius 3 is 2.53 bits per heavy atom. The number of hydrogen-bond acceptors (Lipinski definition) is 3. The highest BCUT2D eigenvalue weighted by Crippen LogP contribution is 2.32. The summed E-state index contributed by atoms with van der Waals surface area (Å²) in [6, 6.07) is 0. The molecule has 1 N–H and O–H groups in total. The van der Waals surface area contributed by atoms with Crippen LogP contribution in [0, 0.1) is 5.92 Å². The number of oxime groups is 1. The lowest BCUT2D eigenvalue weighted by atomic mass is 9.84. The van der Waals surface area contributed by atoms with Crippen LogP contribution in [-0.2, 0) is 4.74 Å². The van der Waals surface area contributed by atoms with Crippen molar-refractivity contribution in [2.75, 3.05) is 0 Å². The van der Waals surface area contributed by atoms with E-state index in [0.717, 1.165) is 37.3 Å². The molecule has 0 spiro atoms. The molecule has 0 radical (unpaired) electrons. The lowest BCUT2D eigenvalue weighted by Crippen LogP contribution is -2.33. The summed E-state index contributed by atoms with van der Waals surface area (Å²) in [5.74, 6) is 0.775. The van der Waals surface area contributed by atoms with Crippen molar-refractivity contribution < 1.29 is 9.94 Å². The fraction of sp³-hybridized carbons (Fsp3) is 0.929. The smallest absolute Gasteiger partial charge is 0.0606 e. The van der Waals surface area contributed by atoms with Crippen LogP contribution in [0.4, 0.5) is 0 Å². The Kier molecular flexibility index (Phi) is 4.84. The van der Waals surface area contributed by atoms with Gasteiger partial charge in [-0.3, -0.25) is 0 Å². The van der Waals surface area contributed by atoms with E-state index in [2.05, 4.69) is 12.1 Å². The highest BCUT2D eigenvalue weighted by Gasteiger charge is 2.28. The summed E-state index contributed by atoms with van der Waals surface area (Å²) >= 11 is 0. The maximum absolute atomic E-state index is 8.73. The van der Waals surface area contributed by atoms with E-state index in [4.69, 9.17) is 9.94 Å². The molecule has 0 bridgehead atoms. The second-order valence-corrected chi connectivity index (χ2v) is 5.49. The average molecular weight is 239 g/mol. The molecule has 0 aromatic heterocycles. The summed E-state index contributed by atoms with van der Waals surface area (Å²) in [4.78, 5) is 0. The van der Waals surface area contributed by atoms with Crippen LogP contribution >= 0.6 is 0 Å². The van der Waals surface area contributed by atoms with Gasteiger partial charge in [-0.1, -0.05) is 31.3 Å². The predicted octanol–water partition coefficient (Wildman–Crippen LogP) is 3.74. The van der Waals surface area contributed by atoms with Crippen molar-refractivity contribution in [2.45, 2.75) is 76.9 Å². The van der Waals surface area contributed by atoms with Crippen molar-refractivity contribution >= 4 is 5.71 Å². The van der Waals surface area contributed by atoms with Crippen molar-refractivity contribution in [3.05, 3.63) is 0 Å². The SMILES string of the molecule is CCC1CCCCC1OC1CCC(=NO)CC1. The molecule has 3 nitrogen and oxygen atoms in total. The van der Waals surface area contributed by atoms with Crippen molar-refractivity contribution in [2.24, 2.45) is 11.1 Å². The van der Waals surface area contributed by atoms with E-state index in [9.17, 15) is 0 Å². The molecule has 0 amide bonds. The summed E-state index contributed by atoms with van der Waals surface area (Å²) in [5, 5.41) is 12.0. The summed E-state index contributed by atoms with van der Waals surface area (Å²) in [5.41, 5.74) is 0.945. The van der Waals surface area contributed by atoms with Gasteiger partial charge in [0.15, 0.2) is 0 Å². The third kappa shape index (κ3) is 3.44. The Balaban J connectivity index is 1.80. The van der Waals surface area contributed by atoms with Gasteiger partial charge < -0.3 is 9.94 Å². The van der Waals surface area contributed by atoms with Crippen LogP contribution in [0.25, 0.3) is 0 Å². The Bertz CT molecular complexity index is 255. The van der Waals surface area contributed by atoms with E-state index in [0.29, 0.717) is 12.2 Å². The molecular formula is C14H25NO2. The molecule has 2 aliphatic rings. The second-order valence-electron chi connectivity index (χ2n) is 5.49. The van der Waals surface area contributed by atoms with Gasteiger partial charge in [0.05, 0.1) is 17.9 Å². The first-order valence-corrected chi connectivity index (χ1v) is 7.18. The van der Waals surface area contributed by atoms with Gasteiger partial charge in [0.25, 0.3) is 0 Å². The third-order valence-electron chi connectivity index (χ3n) is 4.38. The molecule has 2 rings (SSSR count). The number of hydrogen-bond donors (Lipinski definition) is 1. The third-order valence-corrected chi connectivity index (χ3v) is 4.38. The highest BCUT2D eigenvalue weighted by molar-refractivity contribution is 5.84. The van der Waals surface area contributed by atoms with Crippen LogP contribution in [0.1, 0.15) is 64.7 Å². The predicted molar refractivity (Wildman–Crippen MR) is 68.6 cm³/mol. The molecule has 2 fully saturated rings. The standard InChI is InChI=1S/C14H25NO2/c1-2-11-5-3-4-6-14(11)17-13-9-7-12(15-16)8-10-13/h11,13-14,16H,2-10H2,1H3. The second kappa shape index (κ2) is 6.39. The number of rotatable bonds is 3. The topological polar surface area (TPSA) is 41.8 Å². The van der Waals surface area contributed by atoms with Crippen molar-refractivity contribution in [3.63, 3.8) is 0 Å². The molecule has 0 aromatic rings. The highest BCUT2D eigenvalue weighted by atomic mass is 16.5. The molecule has 98 valence electrons. The summed E-state index contributed by atoms with van der Waals surface area (Å²) < 4.78 is 6.29. The summed E-state index contributed by atoms with van der Waals surface area (Å²) in [7, 11) is 0. The molecule has 0 heterocycles.